The Balaban J connectivity index is 1.76. The number of aromatic nitrogens is 1. The fourth-order valence-corrected chi connectivity index (χ4v) is 1.68. The third kappa shape index (κ3) is 5.25. The van der Waals surface area contributed by atoms with Crippen LogP contribution in [0, 0.1) is 5.92 Å². The van der Waals surface area contributed by atoms with Gasteiger partial charge < -0.3 is 15.4 Å². The molecule has 2 rings (SSSR count). The number of anilines is 1. The molecule has 1 fully saturated rings. The number of hydrogen-bond acceptors (Lipinski definition) is 5. The van der Waals surface area contributed by atoms with Gasteiger partial charge in [0.15, 0.2) is 0 Å². The van der Waals surface area contributed by atoms with Gasteiger partial charge in [-0.15, -0.1) is 0 Å². The van der Waals surface area contributed by atoms with Crippen LogP contribution >= 0.6 is 0 Å². The smallest absolute Gasteiger partial charge is 0.330 e. The van der Waals surface area contributed by atoms with E-state index in [1.165, 1.54) is 38.3 Å². The van der Waals surface area contributed by atoms with Crippen molar-refractivity contribution in [1.29, 1.82) is 0 Å². The standard InChI is InChI=1S/C15H19N3O3/c1-21-14(19)3-2-8-16-15(20)12-6-7-13(18-10-12)17-9-11-4-5-11/h2-3,6-7,10-11H,4-5,8-9H2,1H3,(H,16,20)(H,17,18)/b3-2+. The number of ether oxygens (including phenoxy) is 1. The topological polar surface area (TPSA) is 80.3 Å². The molecule has 0 radical (unpaired) electrons. The molecule has 1 aromatic rings. The Morgan fingerprint density at radius 1 is 1.43 bits per heavy atom. The Bertz CT molecular complexity index is 521. The highest BCUT2D eigenvalue weighted by atomic mass is 16.5. The summed E-state index contributed by atoms with van der Waals surface area (Å²) in [4.78, 5) is 26.9. The van der Waals surface area contributed by atoms with Crippen molar-refractivity contribution in [3.05, 3.63) is 36.0 Å². The summed E-state index contributed by atoms with van der Waals surface area (Å²) in [6.07, 6.45) is 6.90. The molecule has 0 bridgehead atoms. The predicted octanol–water partition coefficient (Wildman–Crippen LogP) is 1.36. The molecule has 6 heteroatoms. The maximum atomic E-state index is 11.8. The Kier molecular flexibility index (Phi) is 5.31. The first-order valence-electron chi connectivity index (χ1n) is 6.91. The fourth-order valence-electron chi connectivity index (χ4n) is 1.68. The van der Waals surface area contributed by atoms with E-state index >= 15 is 0 Å². The number of carbonyl (C=O) groups is 2. The summed E-state index contributed by atoms with van der Waals surface area (Å²) in [5, 5.41) is 5.90. The maximum absolute atomic E-state index is 11.8. The molecule has 2 N–H and O–H groups in total. The normalized spacial score (nSPS) is 14.0. The summed E-state index contributed by atoms with van der Waals surface area (Å²) >= 11 is 0. The average Bonchev–Trinajstić information content (AvgIpc) is 3.33. The van der Waals surface area contributed by atoms with Crippen LogP contribution in [0.25, 0.3) is 0 Å². The van der Waals surface area contributed by atoms with Crippen LogP contribution in [0.15, 0.2) is 30.5 Å². The second kappa shape index (κ2) is 7.42. The van der Waals surface area contributed by atoms with Crippen LogP contribution in [0.5, 0.6) is 0 Å². The summed E-state index contributed by atoms with van der Waals surface area (Å²) in [7, 11) is 1.30. The zero-order chi connectivity index (χ0) is 15.1. The van der Waals surface area contributed by atoms with Crippen LogP contribution in [0.4, 0.5) is 5.82 Å². The number of methoxy groups -OCH3 is 1. The molecule has 0 unspecified atom stereocenters. The molecule has 0 spiro atoms. The lowest BCUT2D eigenvalue weighted by Gasteiger charge is -2.06. The van der Waals surface area contributed by atoms with Gasteiger partial charge in [0.1, 0.15) is 5.82 Å². The molecule has 0 aromatic carbocycles. The lowest BCUT2D eigenvalue weighted by Crippen LogP contribution is -2.23. The van der Waals surface area contributed by atoms with Crippen LogP contribution in [0.3, 0.4) is 0 Å². The molecule has 0 saturated heterocycles. The van der Waals surface area contributed by atoms with E-state index in [1.807, 2.05) is 0 Å². The van der Waals surface area contributed by atoms with Crippen LogP contribution in [-0.4, -0.2) is 37.1 Å². The number of rotatable bonds is 7. The van der Waals surface area contributed by atoms with Crippen LogP contribution in [-0.2, 0) is 9.53 Å². The van der Waals surface area contributed by atoms with E-state index in [9.17, 15) is 9.59 Å². The van der Waals surface area contributed by atoms with E-state index in [2.05, 4.69) is 20.4 Å². The number of amides is 1. The van der Waals surface area contributed by atoms with Crippen LogP contribution in [0.1, 0.15) is 23.2 Å². The highest BCUT2D eigenvalue weighted by molar-refractivity contribution is 5.94. The third-order valence-electron chi connectivity index (χ3n) is 3.13. The largest absolute Gasteiger partial charge is 0.466 e. The SMILES string of the molecule is COC(=O)/C=C/CNC(=O)c1ccc(NCC2CC2)nc1. The van der Waals surface area contributed by atoms with E-state index in [0.29, 0.717) is 5.56 Å². The molecular formula is C15H19N3O3. The Morgan fingerprint density at radius 3 is 2.86 bits per heavy atom. The fraction of sp³-hybridized carbons (Fsp3) is 0.400. The number of nitrogens with one attached hydrogen (secondary N) is 2. The summed E-state index contributed by atoms with van der Waals surface area (Å²) in [5.74, 6) is 0.878. The average molecular weight is 289 g/mol. The molecule has 1 amide bonds. The zero-order valence-corrected chi connectivity index (χ0v) is 12.0. The van der Waals surface area contributed by atoms with Crippen molar-refractivity contribution >= 4 is 17.7 Å². The first-order valence-corrected chi connectivity index (χ1v) is 6.91. The van der Waals surface area contributed by atoms with Crippen LogP contribution < -0.4 is 10.6 Å². The number of hydrogen-bond donors (Lipinski definition) is 2. The van der Waals surface area contributed by atoms with Gasteiger partial charge in [-0.3, -0.25) is 4.79 Å². The van der Waals surface area contributed by atoms with Gasteiger partial charge in [0, 0.05) is 25.4 Å². The molecule has 1 saturated carbocycles. The van der Waals surface area contributed by atoms with Gasteiger partial charge in [0.2, 0.25) is 0 Å². The van der Waals surface area contributed by atoms with Crippen molar-refractivity contribution < 1.29 is 14.3 Å². The van der Waals surface area contributed by atoms with Crippen molar-refractivity contribution in [2.75, 3.05) is 25.5 Å². The van der Waals surface area contributed by atoms with E-state index in [0.717, 1.165) is 18.3 Å². The number of pyridine rings is 1. The highest BCUT2D eigenvalue weighted by Crippen LogP contribution is 2.28. The minimum atomic E-state index is -0.447. The number of carbonyl (C=O) groups excluding carboxylic acids is 2. The Labute approximate surface area is 123 Å². The minimum absolute atomic E-state index is 0.231. The lowest BCUT2D eigenvalue weighted by molar-refractivity contribution is -0.134. The molecule has 6 nitrogen and oxygen atoms in total. The highest BCUT2D eigenvalue weighted by Gasteiger charge is 2.20. The second-order valence-electron chi connectivity index (χ2n) is 4.89. The predicted molar refractivity (Wildman–Crippen MR) is 78.9 cm³/mol. The lowest BCUT2D eigenvalue weighted by atomic mass is 10.2. The first kappa shape index (κ1) is 15.0. The summed E-state index contributed by atoms with van der Waals surface area (Å²) < 4.78 is 4.44. The zero-order valence-electron chi connectivity index (χ0n) is 12.0. The van der Waals surface area contributed by atoms with Gasteiger partial charge in [0.25, 0.3) is 5.91 Å². The maximum Gasteiger partial charge on any atom is 0.330 e. The molecule has 112 valence electrons. The second-order valence-corrected chi connectivity index (χ2v) is 4.89. The van der Waals surface area contributed by atoms with E-state index in [1.54, 1.807) is 12.1 Å². The third-order valence-corrected chi connectivity index (χ3v) is 3.13. The Morgan fingerprint density at radius 2 is 2.24 bits per heavy atom. The van der Waals surface area contributed by atoms with Gasteiger partial charge in [-0.25, -0.2) is 9.78 Å². The molecule has 1 aliphatic carbocycles. The van der Waals surface area contributed by atoms with Crippen molar-refractivity contribution in [2.24, 2.45) is 5.92 Å². The molecule has 1 heterocycles. The number of nitrogens with zero attached hydrogens (tertiary/aromatic N) is 1. The minimum Gasteiger partial charge on any atom is -0.466 e. The quantitative estimate of drug-likeness (QED) is 0.585. The molecule has 0 aliphatic heterocycles. The van der Waals surface area contributed by atoms with Gasteiger partial charge in [-0.1, -0.05) is 6.08 Å². The van der Waals surface area contributed by atoms with Crippen molar-refractivity contribution in [1.82, 2.24) is 10.3 Å². The summed E-state index contributed by atoms with van der Waals surface area (Å²) in [5.41, 5.74) is 0.485. The molecule has 21 heavy (non-hydrogen) atoms. The van der Waals surface area contributed by atoms with Gasteiger partial charge in [-0.2, -0.15) is 0 Å². The molecule has 0 atom stereocenters. The van der Waals surface area contributed by atoms with Gasteiger partial charge in [0.05, 0.1) is 12.7 Å². The Hall–Kier alpha value is -2.37. The van der Waals surface area contributed by atoms with Gasteiger partial charge >= 0.3 is 5.97 Å². The molecule has 1 aromatic heterocycles. The van der Waals surface area contributed by atoms with E-state index in [-0.39, 0.29) is 12.5 Å². The van der Waals surface area contributed by atoms with E-state index in [4.69, 9.17) is 0 Å². The summed E-state index contributed by atoms with van der Waals surface area (Å²) in [6, 6.07) is 3.52. The molecule has 1 aliphatic rings. The van der Waals surface area contributed by atoms with Crippen LogP contribution in [0.2, 0.25) is 0 Å². The van der Waals surface area contributed by atoms with E-state index < -0.39 is 5.97 Å². The summed E-state index contributed by atoms with van der Waals surface area (Å²) in [6.45, 7) is 1.20. The first-order chi connectivity index (χ1) is 10.2. The monoisotopic (exact) mass is 289 g/mol. The molecular weight excluding hydrogens is 270 g/mol. The van der Waals surface area contributed by atoms with Crippen molar-refractivity contribution in [3.8, 4) is 0 Å². The van der Waals surface area contributed by atoms with Gasteiger partial charge in [-0.05, 0) is 30.9 Å². The van der Waals surface area contributed by atoms with Crippen molar-refractivity contribution in [3.63, 3.8) is 0 Å². The van der Waals surface area contributed by atoms with Crippen molar-refractivity contribution in [2.45, 2.75) is 12.8 Å². The number of esters is 1.